The van der Waals surface area contributed by atoms with Crippen molar-refractivity contribution in [3.05, 3.63) is 66.2 Å². The third kappa shape index (κ3) is 5.34. The minimum absolute atomic E-state index is 0.127. The van der Waals surface area contributed by atoms with Gasteiger partial charge < -0.3 is 5.32 Å². The minimum atomic E-state index is -3.96. The topological polar surface area (TPSA) is 88.9 Å². The first kappa shape index (κ1) is 22.4. The van der Waals surface area contributed by atoms with E-state index in [1.54, 1.807) is 12.1 Å². The second-order valence-electron chi connectivity index (χ2n) is 8.39. The van der Waals surface area contributed by atoms with Crippen LogP contribution in [0.25, 0.3) is 5.69 Å². The Balaban J connectivity index is 1.45. The van der Waals surface area contributed by atoms with Crippen molar-refractivity contribution in [1.29, 1.82) is 0 Å². The lowest BCUT2D eigenvalue weighted by Gasteiger charge is -2.19. The van der Waals surface area contributed by atoms with Gasteiger partial charge in [0.15, 0.2) is 0 Å². The van der Waals surface area contributed by atoms with E-state index in [9.17, 15) is 12.8 Å². The number of benzene rings is 2. The fraction of sp³-hybridized carbons (Fsp3) is 0.391. The van der Waals surface area contributed by atoms with Crippen LogP contribution < -0.4 is 10.0 Å². The van der Waals surface area contributed by atoms with Gasteiger partial charge in [0, 0.05) is 12.6 Å². The molecule has 3 aromatic rings. The van der Waals surface area contributed by atoms with E-state index in [1.165, 1.54) is 54.9 Å². The summed E-state index contributed by atoms with van der Waals surface area (Å²) in [6.07, 6.45) is 9.28. The largest absolute Gasteiger partial charge is 0.310 e. The third-order valence-corrected chi connectivity index (χ3v) is 7.33. The maximum absolute atomic E-state index is 14.5. The van der Waals surface area contributed by atoms with E-state index in [0.717, 1.165) is 24.0 Å². The smallest absolute Gasteiger partial charge is 0.262 e. The maximum atomic E-state index is 14.5. The quantitative estimate of drug-likeness (QED) is 0.501. The molecule has 170 valence electrons. The van der Waals surface area contributed by atoms with Crippen molar-refractivity contribution in [3.8, 4) is 5.69 Å². The molecule has 0 bridgehead atoms. The van der Waals surface area contributed by atoms with Crippen molar-refractivity contribution < 1.29 is 12.8 Å². The molecule has 1 heterocycles. The molecule has 4 rings (SSSR count). The Morgan fingerprint density at radius 3 is 2.69 bits per heavy atom. The number of nitrogens with one attached hydrogen (secondary N) is 2. The maximum Gasteiger partial charge on any atom is 0.262 e. The highest BCUT2D eigenvalue weighted by Gasteiger charge is 2.20. The number of para-hydroxylation sites is 1. The van der Waals surface area contributed by atoms with Crippen molar-refractivity contribution in [2.24, 2.45) is 5.92 Å². The van der Waals surface area contributed by atoms with Gasteiger partial charge in [0.25, 0.3) is 10.0 Å². The average molecular weight is 458 g/mol. The highest BCUT2D eigenvalue weighted by Crippen LogP contribution is 2.29. The zero-order valence-electron chi connectivity index (χ0n) is 18.0. The molecule has 0 spiro atoms. The molecule has 0 unspecified atom stereocenters. The first-order valence-electron chi connectivity index (χ1n) is 10.9. The standard InChI is InChI=1S/C23H28FN5O2S/c1-17(14-18-6-2-3-7-18)25-16-19-8-4-5-9-22(19)27-32(30,31)20-10-11-23(21(24)15-20)29-13-12-26-28-29/h4-5,8-13,15,17-18,25,27H,2-3,6-7,14,16H2,1H3/t17-/m0/s1. The van der Waals surface area contributed by atoms with Gasteiger partial charge in [-0.1, -0.05) is 49.1 Å². The normalized spacial score (nSPS) is 15.7. The molecule has 9 heteroatoms. The molecule has 0 amide bonds. The van der Waals surface area contributed by atoms with Crippen molar-refractivity contribution in [3.63, 3.8) is 0 Å². The van der Waals surface area contributed by atoms with Crippen LogP contribution >= 0.6 is 0 Å². The number of hydrogen-bond donors (Lipinski definition) is 2. The summed E-state index contributed by atoms with van der Waals surface area (Å²) in [7, 11) is -3.96. The summed E-state index contributed by atoms with van der Waals surface area (Å²) in [5.41, 5.74) is 1.45. The zero-order valence-corrected chi connectivity index (χ0v) is 18.9. The van der Waals surface area contributed by atoms with Gasteiger partial charge in [-0.3, -0.25) is 4.72 Å². The van der Waals surface area contributed by atoms with Crippen molar-refractivity contribution >= 4 is 15.7 Å². The summed E-state index contributed by atoms with van der Waals surface area (Å²) < 4.78 is 44.3. The van der Waals surface area contributed by atoms with Gasteiger partial charge in [-0.25, -0.2) is 17.5 Å². The number of aromatic nitrogens is 3. The molecule has 2 aromatic carbocycles. The van der Waals surface area contributed by atoms with Gasteiger partial charge >= 0.3 is 0 Å². The lowest BCUT2D eigenvalue weighted by atomic mass is 9.99. The molecule has 1 aromatic heterocycles. The van der Waals surface area contributed by atoms with Gasteiger partial charge in [-0.2, -0.15) is 0 Å². The molecule has 0 radical (unpaired) electrons. The molecular weight excluding hydrogens is 429 g/mol. The second kappa shape index (κ2) is 9.79. The van der Waals surface area contributed by atoms with E-state index >= 15 is 0 Å². The summed E-state index contributed by atoms with van der Waals surface area (Å²) in [6, 6.07) is 11.3. The molecule has 1 aliphatic rings. The fourth-order valence-electron chi connectivity index (χ4n) is 4.27. The van der Waals surface area contributed by atoms with Crippen molar-refractivity contribution in [2.75, 3.05) is 4.72 Å². The summed E-state index contributed by atoms with van der Waals surface area (Å²) in [6.45, 7) is 2.72. The van der Waals surface area contributed by atoms with Gasteiger partial charge in [0.2, 0.25) is 0 Å². The summed E-state index contributed by atoms with van der Waals surface area (Å²) in [5, 5.41) is 10.9. The lowest BCUT2D eigenvalue weighted by molar-refractivity contribution is 0.404. The van der Waals surface area contributed by atoms with Crippen LogP contribution in [0, 0.1) is 11.7 Å². The first-order chi connectivity index (χ1) is 15.4. The van der Waals surface area contributed by atoms with Crippen LogP contribution in [0.3, 0.4) is 0 Å². The van der Waals surface area contributed by atoms with Crippen LogP contribution in [0.5, 0.6) is 0 Å². The lowest BCUT2D eigenvalue weighted by Crippen LogP contribution is -2.28. The van der Waals surface area contributed by atoms with Crippen LogP contribution in [0.1, 0.15) is 44.6 Å². The van der Waals surface area contributed by atoms with Gasteiger partial charge in [-0.15, -0.1) is 5.10 Å². The van der Waals surface area contributed by atoms with Gasteiger partial charge in [0.05, 0.1) is 23.0 Å². The van der Waals surface area contributed by atoms with Gasteiger partial charge in [0.1, 0.15) is 11.5 Å². The molecule has 7 nitrogen and oxygen atoms in total. The van der Waals surface area contributed by atoms with E-state index in [1.807, 2.05) is 12.1 Å². The van der Waals surface area contributed by atoms with E-state index in [0.29, 0.717) is 18.3 Å². The number of anilines is 1. The van der Waals surface area contributed by atoms with Crippen LogP contribution in [0.4, 0.5) is 10.1 Å². The van der Waals surface area contributed by atoms with Gasteiger partial charge in [-0.05, 0) is 49.1 Å². The molecule has 1 atom stereocenters. The van der Waals surface area contributed by atoms with Crippen LogP contribution in [0.2, 0.25) is 0 Å². The number of nitrogens with zero attached hydrogens (tertiary/aromatic N) is 3. The van der Waals surface area contributed by atoms with E-state index in [-0.39, 0.29) is 10.6 Å². The predicted octanol–water partition coefficient (Wildman–Crippen LogP) is 4.27. The Hall–Kier alpha value is -2.78. The average Bonchev–Trinajstić information content (AvgIpc) is 3.47. The molecule has 0 aliphatic heterocycles. The number of rotatable bonds is 9. The van der Waals surface area contributed by atoms with Crippen LogP contribution in [0.15, 0.2) is 59.8 Å². The fourth-order valence-corrected chi connectivity index (χ4v) is 5.38. The van der Waals surface area contributed by atoms with Crippen LogP contribution in [-0.2, 0) is 16.6 Å². The number of hydrogen-bond acceptors (Lipinski definition) is 5. The Labute approximate surface area is 188 Å². The van der Waals surface area contributed by atoms with Crippen LogP contribution in [-0.4, -0.2) is 29.5 Å². The molecular formula is C23H28FN5O2S. The van der Waals surface area contributed by atoms with E-state index in [2.05, 4.69) is 27.3 Å². The minimum Gasteiger partial charge on any atom is -0.310 e. The number of sulfonamides is 1. The molecule has 1 aliphatic carbocycles. The Bertz CT molecular complexity index is 1140. The summed E-state index contributed by atoms with van der Waals surface area (Å²) in [5.74, 6) is 0.0794. The van der Waals surface area contributed by atoms with E-state index < -0.39 is 15.8 Å². The Morgan fingerprint density at radius 1 is 1.19 bits per heavy atom. The Morgan fingerprint density at radius 2 is 1.97 bits per heavy atom. The van der Waals surface area contributed by atoms with E-state index in [4.69, 9.17) is 0 Å². The monoisotopic (exact) mass is 457 g/mol. The second-order valence-corrected chi connectivity index (χ2v) is 10.1. The molecule has 32 heavy (non-hydrogen) atoms. The molecule has 1 saturated carbocycles. The molecule has 2 N–H and O–H groups in total. The van der Waals surface area contributed by atoms with Crippen molar-refractivity contribution in [1.82, 2.24) is 20.3 Å². The number of halogens is 1. The summed E-state index contributed by atoms with van der Waals surface area (Å²) in [4.78, 5) is -0.156. The molecule has 1 fully saturated rings. The SMILES string of the molecule is C[C@@H](CC1CCCC1)NCc1ccccc1NS(=O)(=O)c1ccc(-n2ccnn2)c(F)c1. The predicted molar refractivity (Wildman–Crippen MR) is 121 cm³/mol. The third-order valence-electron chi connectivity index (χ3n) is 5.96. The molecule has 0 saturated heterocycles. The highest BCUT2D eigenvalue weighted by atomic mass is 32.2. The van der Waals surface area contributed by atoms with Crippen molar-refractivity contribution in [2.45, 2.75) is 56.5 Å². The Kier molecular flexibility index (Phi) is 6.86. The first-order valence-corrected chi connectivity index (χ1v) is 12.4. The summed E-state index contributed by atoms with van der Waals surface area (Å²) >= 11 is 0. The highest BCUT2D eigenvalue weighted by molar-refractivity contribution is 7.92. The zero-order chi connectivity index (χ0) is 22.6.